The summed E-state index contributed by atoms with van der Waals surface area (Å²) in [6.45, 7) is 3.38. The Morgan fingerprint density at radius 3 is 2.38 bits per heavy atom. The highest BCUT2D eigenvalue weighted by molar-refractivity contribution is 5.71. The smallest absolute Gasteiger partial charge is 0.419 e. The van der Waals surface area contributed by atoms with Crippen LogP contribution in [0.1, 0.15) is 37.0 Å². The number of benzene rings is 2. The topological polar surface area (TPSA) is 46.5 Å². The van der Waals surface area contributed by atoms with Crippen molar-refractivity contribution in [2.45, 2.75) is 38.7 Å². The third-order valence-corrected chi connectivity index (χ3v) is 4.53. The van der Waals surface area contributed by atoms with Crippen molar-refractivity contribution in [1.82, 2.24) is 0 Å². The molecule has 2 rings (SSSR count). The molecular formula is C22H22F4O3. The van der Waals surface area contributed by atoms with Crippen LogP contribution in [-0.2, 0) is 22.3 Å². The third kappa shape index (κ3) is 6.42. The van der Waals surface area contributed by atoms with E-state index in [0.29, 0.717) is 12.1 Å². The van der Waals surface area contributed by atoms with Gasteiger partial charge in [-0.1, -0.05) is 62.4 Å². The predicted molar refractivity (Wildman–Crippen MR) is 101 cm³/mol. The van der Waals surface area contributed by atoms with Crippen LogP contribution in [0.5, 0.6) is 0 Å². The zero-order chi connectivity index (χ0) is 21.7. The van der Waals surface area contributed by atoms with Gasteiger partial charge in [-0.25, -0.2) is 4.39 Å². The number of esters is 1. The fourth-order valence-electron chi connectivity index (χ4n) is 2.58. The molecule has 0 radical (unpaired) electrons. The summed E-state index contributed by atoms with van der Waals surface area (Å²) >= 11 is 0. The fraction of sp³-hybridized carbons (Fsp3) is 0.318. The number of alkyl halides is 3. The van der Waals surface area contributed by atoms with Gasteiger partial charge in [-0.15, -0.1) is 0 Å². The molecule has 3 nitrogen and oxygen atoms in total. The maximum absolute atomic E-state index is 13.4. The van der Waals surface area contributed by atoms with Gasteiger partial charge in [0.25, 0.3) is 0 Å². The molecule has 2 aromatic carbocycles. The number of ether oxygens (including phenoxy) is 1. The standard InChI is InChI=1S/C22H22F4O3/c1-15(2)21(28,13-20(27)29-14-17-6-4-3-5-7-17)11-10-16-8-9-19(23)18(12-16)22(24,25)26/h3-12,15,28H,13-14H2,1-2H3/b11-10+. The van der Waals surface area contributed by atoms with E-state index in [-0.39, 0.29) is 18.6 Å². The van der Waals surface area contributed by atoms with Crippen LogP contribution in [0.25, 0.3) is 6.08 Å². The van der Waals surface area contributed by atoms with Crippen LogP contribution < -0.4 is 0 Å². The molecule has 0 heterocycles. The third-order valence-electron chi connectivity index (χ3n) is 4.53. The molecule has 2 aromatic rings. The number of rotatable bonds is 7. The van der Waals surface area contributed by atoms with Gasteiger partial charge < -0.3 is 9.84 Å². The summed E-state index contributed by atoms with van der Waals surface area (Å²) in [7, 11) is 0. The Bertz CT molecular complexity index is 860. The van der Waals surface area contributed by atoms with E-state index in [9.17, 15) is 27.5 Å². The van der Waals surface area contributed by atoms with E-state index in [2.05, 4.69) is 0 Å². The van der Waals surface area contributed by atoms with Crippen LogP contribution in [0, 0.1) is 11.7 Å². The molecule has 0 saturated carbocycles. The van der Waals surface area contributed by atoms with Crippen molar-refractivity contribution in [1.29, 1.82) is 0 Å². The van der Waals surface area contributed by atoms with Crippen molar-refractivity contribution in [2.24, 2.45) is 5.92 Å². The highest BCUT2D eigenvalue weighted by atomic mass is 19.4. The molecule has 0 spiro atoms. The van der Waals surface area contributed by atoms with Crippen molar-refractivity contribution in [3.63, 3.8) is 0 Å². The lowest BCUT2D eigenvalue weighted by atomic mass is 9.86. The van der Waals surface area contributed by atoms with Crippen molar-refractivity contribution < 1.29 is 32.2 Å². The summed E-state index contributed by atoms with van der Waals surface area (Å²) < 4.78 is 57.1. The Hall–Kier alpha value is -2.67. The summed E-state index contributed by atoms with van der Waals surface area (Å²) in [4.78, 5) is 12.2. The van der Waals surface area contributed by atoms with E-state index in [1.807, 2.05) is 6.07 Å². The molecule has 0 aliphatic heterocycles. The van der Waals surface area contributed by atoms with E-state index in [0.717, 1.165) is 11.6 Å². The van der Waals surface area contributed by atoms with E-state index >= 15 is 0 Å². The van der Waals surface area contributed by atoms with Gasteiger partial charge in [-0.2, -0.15) is 13.2 Å². The largest absolute Gasteiger partial charge is 0.461 e. The summed E-state index contributed by atoms with van der Waals surface area (Å²) in [5.41, 5.74) is -2.19. The molecule has 156 valence electrons. The zero-order valence-electron chi connectivity index (χ0n) is 16.0. The average molecular weight is 410 g/mol. The molecule has 0 bridgehead atoms. The molecule has 0 aromatic heterocycles. The number of aliphatic hydroxyl groups is 1. The first-order valence-electron chi connectivity index (χ1n) is 8.99. The maximum Gasteiger partial charge on any atom is 0.419 e. The molecule has 1 N–H and O–H groups in total. The average Bonchev–Trinajstić information content (AvgIpc) is 2.65. The molecule has 0 aliphatic carbocycles. The molecule has 7 heteroatoms. The first kappa shape index (κ1) is 22.6. The SMILES string of the molecule is CC(C)C(O)(/C=C/c1ccc(F)c(C(F)(F)F)c1)CC(=O)OCc1ccccc1. The second kappa shape index (κ2) is 9.22. The Morgan fingerprint density at radius 1 is 1.14 bits per heavy atom. The maximum atomic E-state index is 13.4. The quantitative estimate of drug-likeness (QED) is 0.493. The van der Waals surface area contributed by atoms with Gasteiger partial charge in [0.05, 0.1) is 17.6 Å². The van der Waals surface area contributed by atoms with Gasteiger partial charge in [0.1, 0.15) is 12.4 Å². The van der Waals surface area contributed by atoms with Gasteiger partial charge in [0.2, 0.25) is 0 Å². The normalized spacial score (nSPS) is 14.2. The van der Waals surface area contributed by atoms with Gasteiger partial charge in [0.15, 0.2) is 0 Å². The van der Waals surface area contributed by atoms with Crippen LogP contribution in [-0.4, -0.2) is 16.7 Å². The van der Waals surface area contributed by atoms with Gasteiger partial charge in [0, 0.05) is 0 Å². The van der Waals surface area contributed by atoms with Crippen LogP contribution in [0.2, 0.25) is 0 Å². The van der Waals surface area contributed by atoms with Crippen LogP contribution in [0.3, 0.4) is 0 Å². The molecule has 29 heavy (non-hydrogen) atoms. The van der Waals surface area contributed by atoms with Crippen LogP contribution in [0.4, 0.5) is 17.6 Å². The summed E-state index contributed by atoms with van der Waals surface area (Å²) in [6.07, 6.45) is -2.72. The van der Waals surface area contributed by atoms with Crippen molar-refractivity contribution in [3.8, 4) is 0 Å². The number of carbonyl (C=O) groups is 1. The van der Waals surface area contributed by atoms with Crippen LogP contribution >= 0.6 is 0 Å². The van der Waals surface area contributed by atoms with E-state index < -0.39 is 35.0 Å². The Labute approximate surface area is 166 Å². The Morgan fingerprint density at radius 2 is 1.79 bits per heavy atom. The van der Waals surface area contributed by atoms with Gasteiger partial charge in [-0.05, 0) is 29.2 Å². The minimum atomic E-state index is -4.83. The van der Waals surface area contributed by atoms with Gasteiger partial charge >= 0.3 is 12.1 Å². The Kier molecular flexibility index (Phi) is 7.19. The second-order valence-corrected chi connectivity index (χ2v) is 7.04. The molecule has 0 amide bonds. The molecular weight excluding hydrogens is 388 g/mol. The fourth-order valence-corrected chi connectivity index (χ4v) is 2.58. The molecule has 0 fully saturated rings. The molecule has 0 saturated heterocycles. The van der Waals surface area contributed by atoms with E-state index in [1.54, 1.807) is 38.1 Å². The van der Waals surface area contributed by atoms with Gasteiger partial charge in [-0.3, -0.25) is 4.79 Å². The Balaban J connectivity index is 2.12. The lowest BCUT2D eigenvalue weighted by Crippen LogP contribution is -2.35. The summed E-state index contributed by atoms with van der Waals surface area (Å²) in [5, 5.41) is 10.8. The molecule has 1 atom stereocenters. The highest BCUT2D eigenvalue weighted by Gasteiger charge is 2.34. The summed E-state index contributed by atoms with van der Waals surface area (Å²) in [5.74, 6) is -2.45. The van der Waals surface area contributed by atoms with Crippen molar-refractivity contribution in [2.75, 3.05) is 0 Å². The molecule has 1 unspecified atom stereocenters. The minimum absolute atomic E-state index is 0.0461. The number of hydrogen-bond donors (Lipinski definition) is 1. The minimum Gasteiger partial charge on any atom is -0.461 e. The number of halogens is 4. The van der Waals surface area contributed by atoms with Crippen molar-refractivity contribution in [3.05, 3.63) is 77.1 Å². The van der Waals surface area contributed by atoms with E-state index in [4.69, 9.17) is 4.74 Å². The lowest BCUT2D eigenvalue weighted by molar-refractivity contribution is -0.150. The first-order valence-corrected chi connectivity index (χ1v) is 8.99. The lowest BCUT2D eigenvalue weighted by Gasteiger charge is -2.28. The number of carbonyl (C=O) groups excluding carboxylic acids is 1. The number of hydrogen-bond acceptors (Lipinski definition) is 3. The molecule has 0 aliphatic rings. The van der Waals surface area contributed by atoms with Crippen LogP contribution in [0.15, 0.2) is 54.6 Å². The van der Waals surface area contributed by atoms with E-state index in [1.165, 1.54) is 12.2 Å². The second-order valence-electron chi connectivity index (χ2n) is 7.04. The predicted octanol–water partition coefficient (Wildman–Crippen LogP) is 5.38. The highest BCUT2D eigenvalue weighted by Crippen LogP contribution is 2.32. The van der Waals surface area contributed by atoms with Crippen molar-refractivity contribution >= 4 is 12.0 Å². The monoisotopic (exact) mass is 410 g/mol. The zero-order valence-corrected chi connectivity index (χ0v) is 16.0. The summed E-state index contributed by atoms with van der Waals surface area (Å²) in [6, 6.07) is 11.5. The first-order chi connectivity index (χ1) is 13.5.